The molecule has 0 fully saturated rings. The third-order valence-corrected chi connectivity index (χ3v) is 5.47. The minimum absolute atomic E-state index is 0.275. The number of hydrogen-bond donors (Lipinski definition) is 1. The van der Waals surface area contributed by atoms with Gasteiger partial charge in [-0.25, -0.2) is 9.59 Å². The molecule has 0 aliphatic rings. The van der Waals surface area contributed by atoms with Crippen LogP contribution in [-0.2, 0) is 25.2 Å². The van der Waals surface area contributed by atoms with Gasteiger partial charge in [-0.3, -0.25) is 0 Å². The molecule has 0 spiro atoms. The number of hydrogen-bond acceptors (Lipinski definition) is 4. The van der Waals surface area contributed by atoms with Crippen LogP contribution in [0.1, 0.15) is 39.7 Å². The first-order chi connectivity index (χ1) is 13.0. The minimum atomic E-state index is -1.70. The van der Waals surface area contributed by atoms with Crippen LogP contribution in [0, 0.1) is 11.3 Å². The summed E-state index contributed by atoms with van der Waals surface area (Å²) in [6, 6.07) is 9.79. The van der Waals surface area contributed by atoms with E-state index in [0.717, 1.165) is 5.56 Å². The second-order valence-corrected chi connectivity index (χ2v) is 10.6. The average Bonchev–Trinajstić information content (AvgIpc) is 2.59. The standard InChI is InChI=1S/C22H34O5Si/c1-7-26-19(23)14-13-18(21(2,3)4)22(20(24)25,27-28(5)6)16-15-17-11-9-8-10-12-17/h8-14,18,28H,7,15-16H2,1-6H3,(H,24,25)/t18-,22-/m0/s1. The fourth-order valence-corrected chi connectivity index (χ4v) is 4.69. The highest BCUT2D eigenvalue weighted by Crippen LogP contribution is 2.42. The molecular formula is C22H34O5Si. The Hall–Kier alpha value is -1.92. The van der Waals surface area contributed by atoms with Crippen LogP contribution >= 0.6 is 0 Å². The van der Waals surface area contributed by atoms with Gasteiger partial charge in [0.05, 0.1) is 6.61 Å². The van der Waals surface area contributed by atoms with Gasteiger partial charge in [-0.05, 0) is 43.8 Å². The number of benzene rings is 1. The van der Waals surface area contributed by atoms with Crippen molar-refractivity contribution in [2.75, 3.05) is 6.61 Å². The molecule has 156 valence electrons. The third kappa shape index (κ3) is 6.91. The van der Waals surface area contributed by atoms with E-state index in [2.05, 4.69) is 0 Å². The van der Waals surface area contributed by atoms with Crippen molar-refractivity contribution in [3.8, 4) is 0 Å². The largest absolute Gasteiger partial charge is 0.479 e. The van der Waals surface area contributed by atoms with Crippen molar-refractivity contribution in [2.24, 2.45) is 11.3 Å². The number of aryl methyl sites for hydroxylation is 1. The lowest BCUT2D eigenvalue weighted by molar-refractivity contribution is -0.164. The second kappa shape index (κ2) is 10.6. The lowest BCUT2D eigenvalue weighted by Gasteiger charge is -2.44. The summed E-state index contributed by atoms with van der Waals surface area (Å²) >= 11 is 0. The summed E-state index contributed by atoms with van der Waals surface area (Å²) in [6.07, 6.45) is 3.90. The van der Waals surface area contributed by atoms with E-state index in [0.29, 0.717) is 12.8 Å². The Kier molecular flexibility index (Phi) is 9.11. The molecule has 0 heterocycles. The predicted octanol–water partition coefficient (Wildman–Crippen LogP) is 4.22. The van der Waals surface area contributed by atoms with Gasteiger partial charge in [0.25, 0.3) is 0 Å². The Morgan fingerprint density at radius 1 is 1.18 bits per heavy atom. The number of carbonyl (C=O) groups excluding carboxylic acids is 1. The minimum Gasteiger partial charge on any atom is -0.479 e. The highest BCUT2D eigenvalue weighted by atomic mass is 28.3. The molecule has 0 radical (unpaired) electrons. The molecule has 28 heavy (non-hydrogen) atoms. The summed E-state index contributed by atoms with van der Waals surface area (Å²) in [7, 11) is -1.70. The van der Waals surface area contributed by atoms with Crippen LogP contribution in [0.2, 0.25) is 13.1 Å². The van der Waals surface area contributed by atoms with Crippen molar-refractivity contribution < 1.29 is 23.9 Å². The van der Waals surface area contributed by atoms with Gasteiger partial charge in [0.15, 0.2) is 14.6 Å². The average molecular weight is 407 g/mol. The van der Waals surface area contributed by atoms with Gasteiger partial charge in [-0.2, -0.15) is 0 Å². The summed E-state index contributed by atoms with van der Waals surface area (Å²) < 4.78 is 11.2. The van der Waals surface area contributed by atoms with Crippen molar-refractivity contribution in [3.63, 3.8) is 0 Å². The van der Waals surface area contributed by atoms with Gasteiger partial charge in [0, 0.05) is 12.0 Å². The highest BCUT2D eigenvalue weighted by Gasteiger charge is 2.50. The van der Waals surface area contributed by atoms with Crippen molar-refractivity contribution in [2.45, 2.75) is 59.2 Å². The Morgan fingerprint density at radius 3 is 2.25 bits per heavy atom. The molecule has 0 aliphatic heterocycles. The van der Waals surface area contributed by atoms with Gasteiger partial charge in [0.2, 0.25) is 0 Å². The smallest absolute Gasteiger partial charge is 0.335 e. The number of esters is 1. The van der Waals surface area contributed by atoms with E-state index >= 15 is 0 Å². The van der Waals surface area contributed by atoms with E-state index < -0.39 is 37.9 Å². The highest BCUT2D eigenvalue weighted by molar-refractivity contribution is 6.48. The fourth-order valence-electron chi connectivity index (χ4n) is 3.48. The van der Waals surface area contributed by atoms with Gasteiger partial charge >= 0.3 is 11.9 Å². The molecule has 1 aromatic carbocycles. The lowest BCUT2D eigenvalue weighted by atomic mass is 9.68. The fraction of sp³-hybridized carbons (Fsp3) is 0.545. The summed E-state index contributed by atoms with van der Waals surface area (Å²) in [5, 5.41) is 10.3. The predicted molar refractivity (Wildman–Crippen MR) is 114 cm³/mol. The van der Waals surface area contributed by atoms with E-state index in [4.69, 9.17) is 9.16 Å². The second-order valence-electron chi connectivity index (χ2n) is 8.30. The zero-order valence-electron chi connectivity index (χ0n) is 17.9. The van der Waals surface area contributed by atoms with Crippen LogP contribution in [-0.4, -0.2) is 38.3 Å². The molecule has 0 saturated heterocycles. The molecule has 0 saturated carbocycles. The van der Waals surface area contributed by atoms with Crippen LogP contribution in [0.15, 0.2) is 42.5 Å². The van der Waals surface area contributed by atoms with Gasteiger partial charge in [-0.15, -0.1) is 0 Å². The quantitative estimate of drug-likeness (QED) is 0.358. The third-order valence-electron chi connectivity index (χ3n) is 4.58. The van der Waals surface area contributed by atoms with Crippen LogP contribution in [0.25, 0.3) is 0 Å². The lowest BCUT2D eigenvalue weighted by Crippen LogP contribution is -2.54. The van der Waals surface area contributed by atoms with Crippen LogP contribution < -0.4 is 0 Å². The van der Waals surface area contributed by atoms with E-state index in [9.17, 15) is 14.7 Å². The van der Waals surface area contributed by atoms with Crippen LogP contribution in [0.3, 0.4) is 0 Å². The summed E-state index contributed by atoms with van der Waals surface area (Å²) in [4.78, 5) is 24.5. The van der Waals surface area contributed by atoms with Crippen molar-refractivity contribution in [3.05, 3.63) is 48.0 Å². The number of aliphatic carboxylic acids is 1. The molecule has 6 heteroatoms. The Morgan fingerprint density at radius 2 is 1.79 bits per heavy atom. The van der Waals surface area contributed by atoms with Gasteiger partial charge in [0.1, 0.15) is 0 Å². The molecule has 1 aromatic rings. The molecule has 1 N–H and O–H groups in total. The van der Waals surface area contributed by atoms with Crippen LogP contribution in [0.4, 0.5) is 0 Å². The number of carboxylic acids is 1. The molecule has 0 aliphatic carbocycles. The summed E-state index contributed by atoms with van der Waals surface area (Å²) in [5.74, 6) is -1.96. The number of carbonyl (C=O) groups is 2. The van der Waals surface area contributed by atoms with Gasteiger partial charge in [-0.1, -0.05) is 57.2 Å². The normalized spacial score (nSPS) is 15.4. The van der Waals surface area contributed by atoms with Crippen LogP contribution in [0.5, 0.6) is 0 Å². The number of rotatable bonds is 10. The van der Waals surface area contributed by atoms with E-state index in [1.165, 1.54) is 6.08 Å². The number of ether oxygens (including phenoxy) is 1. The molecule has 0 amide bonds. The summed E-state index contributed by atoms with van der Waals surface area (Å²) in [5.41, 5.74) is -0.775. The maximum atomic E-state index is 12.6. The molecular weight excluding hydrogens is 372 g/mol. The first-order valence-corrected chi connectivity index (χ1v) is 12.6. The molecule has 0 bridgehead atoms. The molecule has 0 unspecified atom stereocenters. The number of carboxylic acid groups (broad SMARTS) is 1. The van der Waals surface area contributed by atoms with E-state index in [1.54, 1.807) is 13.0 Å². The Balaban J connectivity index is 3.36. The SMILES string of the molecule is CCOC(=O)C=C[C@@H](C(C)(C)C)[C@](CCc1ccccc1)(O[SiH](C)C)C(=O)O. The van der Waals surface area contributed by atoms with Gasteiger partial charge < -0.3 is 14.3 Å². The molecule has 0 aromatic heterocycles. The Labute approximate surface area is 170 Å². The topological polar surface area (TPSA) is 72.8 Å². The van der Waals surface area contributed by atoms with Crippen molar-refractivity contribution in [1.29, 1.82) is 0 Å². The van der Waals surface area contributed by atoms with Crippen molar-refractivity contribution in [1.82, 2.24) is 0 Å². The Bertz CT molecular complexity index is 663. The maximum absolute atomic E-state index is 12.6. The van der Waals surface area contributed by atoms with E-state index in [-0.39, 0.29) is 6.61 Å². The van der Waals surface area contributed by atoms with E-state index in [1.807, 2.05) is 64.2 Å². The zero-order chi connectivity index (χ0) is 21.4. The molecule has 5 nitrogen and oxygen atoms in total. The maximum Gasteiger partial charge on any atom is 0.335 e. The van der Waals surface area contributed by atoms with Crippen molar-refractivity contribution >= 4 is 21.0 Å². The monoisotopic (exact) mass is 406 g/mol. The molecule has 2 atom stereocenters. The first-order valence-electron chi connectivity index (χ1n) is 9.83. The summed E-state index contributed by atoms with van der Waals surface area (Å²) in [6.45, 7) is 11.9. The molecule has 1 rings (SSSR count). The first kappa shape index (κ1) is 24.1. The zero-order valence-corrected chi connectivity index (χ0v) is 19.1.